The van der Waals surface area contributed by atoms with Crippen molar-refractivity contribution >= 4 is 10.8 Å². The van der Waals surface area contributed by atoms with E-state index in [9.17, 15) is 0 Å². The first-order valence-corrected chi connectivity index (χ1v) is 9.33. The molecule has 0 spiro atoms. The standard InChI is InChI=1S/C22H28O2/c1-3-5-15-23-21-17-11-7-9-13-19(17)22(24-16-6-4-2)20-14-10-8-12-18(20)21/h7-11,13H,3-6,12,14-16H2,1-2H3. The Morgan fingerprint density at radius 1 is 0.750 bits per heavy atom. The number of fused-ring (bicyclic) bond motifs is 2. The van der Waals surface area contributed by atoms with E-state index in [-0.39, 0.29) is 0 Å². The van der Waals surface area contributed by atoms with Crippen LogP contribution in [0.2, 0.25) is 0 Å². The molecule has 0 unspecified atom stereocenters. The molecular formula is C22H28O2. The quantitative estimate of drug-likeness (QED) is 0.448. The van der Waals surface area contributed by atoms with Crippen LogP contribution >= 0.6 is 0 Å². The Bertz CT molecular complexity index is 655. The van der Waals surface area contributed by atoms with Crippen LogP contribution in [0.3, 0.4) is 0 Å². The van der Waals surface area contributed by atoms with Gasteiger partial charge in [-0.25, -0.2) is 0 Å². The number of hydrogen-bond donors (Lipinski definition) is 0. The molecule has 0 fully saturated rings. The van der Waals surface area contributed by atoms with Gasteiger partial charge in [-0.15, -0.1) is 0 Å². The monoisotopic (exact) mass is 324 g/mol. The summed E-state index contributed by atoms with van der Waals surface area (Å²) in [6.07, 6.45) is 10.9. The van der Waals surface area contributed by atoms with Gasteiger partial charge in [0.1, 0.15) is 11.5 Å². The molecule has 0 heterocycles. The Morgan fingerprint density at radius 2 is 1.21 bits per heavy atom. The first-order chi connectivity index (χ1) is 11.9. The molecule has 2 aromatic carbocycles. The summed E-state index contributed by atoms with van der Waals surface area (Å²) in [4.78, 5) is 0. The van der Waals surface area contributed by atoms with Gasteiger partial charge in [-0.3, -0.25) is 0 Å². The normalized spacial score (nSPS) is 13.1. The molecule has 2 aromatic rings. The fraction of sp³-hybridized carbons (Fsp3) is 0.455. The van der Waals surface area contributed by atoms with E-state index in [2.05, 4.69) is 50.3 Å². The minimum Gasteiger partial charge on any atom is -0.493 e. The molecule has 1 aliphatic rings. The first kappa shape index (κ1) is 16.9. The van der Waals surface area contributed by atoms with E-state index in [1.54, 1.807) is 0 Å². The fourth-order valence-electron chi connectivity index (χ4n) is 3.28. The van der Waals surface area contributed by atoms with E-state index in [1.165, 1.54) is 21.9 Å². The number of allylic oxidation sites excluding steroid dienone is 2. The molecule has 128 valence electrons. The molecule has 0 bridgehead atoms. The summed E-state index contributed by atoms with van der Waals surface area (Å²) in [7, 11) is 0. The van der Waals surface area contributed by atoms with Crippen molar-refractivity contribution in [2.24, 2.45) is 0 Å². The molecular weight excluding hydrogens is 296 g/mol. The Morgan fingerprint density at radius 3 is 1.62 bits per heavy atom. The van der Waals surface area contributed by atoms with E-state index in [4.69, 9.17) is 9.47 Å². The van der Waals surface area contributed by atoms with Crippen molar-refractivity contribution in [3.8, 4) is 11.5 Å². The second-order valence-corrected chi connectivity index (χ2v) is 6.44. The van der Waals surface area contributed by atoms with E-state index < -0.39 is 0 Å². The molecule has 3 rings (SSSR count). The van der Waals surface area contributed by atoms with Gasteiger partial charge >= 0.3 is 0 Å². The second kappa shape index (κ2) is 8.23. The van der Waals surface area contributed by atoms with Crippen LogP contribution in [0.4, 0.5) is 0 Å². The number of ether oxygens (including phenoxy) is 2. The largest absolute Gasteiger partial charge is 0.493 e. The lowest BCUT2D eigenvalue weighted by Gasteiger charge is -2.23. The van der Waals surface area contributed by atoms with Crippen LogP contribution < -0.4 is 9.47 Å². The van der Waals surface area contributed by atoms with Crippen molar-refractivity contribution in [3.05, 3.63) is 47.5 Å². The zero-order chi connectivity index (χ0) is 16.8. The third kappa shape index (κ3) is 3.43. The summed E-state index contributed by atoms with van der Waals surface area (Å²) in [5, 5.41) is 2.38. The Labute approximate surface area is 145 Å². The lowest BCUT2D eigenvalue weighted by Crippen LogP contribution is -2.09. The average Bonchev–Trinajstić information content (AvgIpc) is 2.63. The number of unbranched alkanes of at least 4 members (excludes halogenated alkanes) is 2. The highest BCUT2D eigenvalue weighted by atomic mass is 16.5. The van der Waals surface area contributed by atoms with Crippen molar-refractivity contribution in [1.82, 2.24) is 0 Å². The van der Waals surface area contributed by atoms with Crippen LogP contribution in [0.1, 0.15) is 50.7 Å². The Balaban J connectivity index is 2.08. The molecule has 24 heavy (non-hydrogen) atoms. The maximum atomic E-state index is 6.25. The lowest BCUT2D eigenvalue weighted by atomic mass is 9.90. The minimum atomic E-state index is 0.784. The molecule has 0 atom stereocenters. The SMILES string of the molecule is CCCCOc1c2c(c(OCCCC)c3ccccc13)CC=CC2. The maximum Gasteiger partial charge on any atom is 0.131 e. The van der Waals surface area contributed by atoms with E-state index in [0.717, 1.165) is 63.2 Å². The van der Waals surface area contributed by atoms with Gasteiger partial charge in [-0.1, -0.05) is 63.1 Å². The van der Waals surface area contributed by atoms with Crippen LogP contribution in [-0.4, -0.2) is 13.2 Å². The highest BCUT2D eigenvalue weighted by Crippen LogP contribution is 2.43. The van der Waals surface area contributed by atoms with Gasteiger partial charge in [0.05, 0.1) is 13.2 Å². The molecule has 0 aromatic heterocycles. The highest BCUT2D eigenvalue weighted by molar-refractivity contribution is 5.96. The molecule has 0 aliphatic heterocycles. The summed E-state index contributed by atoms with van der Waals surface area (Å²) in [5.41, 5.74) is 2.64. The number of hydrogen-bond acceptors (Lipinski definition) is 2. The van der Waals surface area contributed by atoms with E-state index in [0.29, 0.717) is 0 Å². The molecule has 1 aliphatic carbocycles. The van der Waals surface area contributed by atoms with Gasteiger partial charge in [-0.05, 0) is 25.7 Å². The lowest BCUT2D eigenvalue weighted by molar-refractivity contribution is 0.301. The second-order valence-electron chi connectivity index (χ2n) is 6.44. The molecule has 0 radical (unpaired) electrons. The Kier molecular flexibility index (Phi) is 5.79. The summed E-state index contributed by atoms with van der Waals surface area (Å²) in [6.45, 7) is 5.97. The zero-order valence-corrected chi connectivity index (χ0v) is 14.9. The average molecular weight is 324 g/mol. The van der Waals surface area contributed by atoms with E-state index >= 15 is 0 Å². The van der Waals surface area contributed by atoms with Gasteiger partial charge in [0.15, 0.2) is 0 Å². The van der Waals surface area contributed by atoms with Gasteiger partial charge < -0.3 is 9.47 Å². The number of rotatable bonds is 8. The van der Waals surface area contributed by atoms with Crippen molar-refractivity contribution in [2.45, 2.75) is 52.4 Å². The highest BCUT2D eigenvalue weighted by Gasteiger charge is 2.21. The van der Waals surface area contributed by atoms with Gasteiger partial charge in [0, 0.05) is 21.9 Å². The molecule has 0 amide bonds. The molecule has 2 nitrogen and oxygen atoms in total. The molecule has 0 saturated carbocycles. The fourth-order valence-corrected chi connectivity index (χ4v) is 3.28. The van der Waals surface area contributed by atoms with Crippen molar-refractivity contribution in [3.63, 3.8) is 0 Å². The number of benzene rings is 2. The van der Waals surface area contributed by atoms with E-state index in [1.807, 2.05) is 0 Å². The van der Waals surface area contributed by atoms with Gasteiger partial charge in [-0.2, -0.15) is 0 Å². The third-order valence-corrected chi connectivity index (χ3v) is 4.63. The molecule has 0 N–H and O–H groups in total. The first-order valence-electron chi connectivity index (χ1n) is 9.33. The topological polar surface area (TPSA) is 18.5 Å². The maximum absolute atomic E-state index is 6.25. The van der Waals surface area contributed by atoms with Gasteiger partial charge in [0.2, 0.25) is 0 Å². The van der Waals surface area contributed by atoms with Crippen LogP contribution in [0.5, 0.6) is 11.5 Å². The van der Waals surface area contributed by atoms with Crippen molar-refractivity contribution in [1.29, 1.82) is 0 Å². The van der Waals surface area contributed by atoms with Crippen LogP contribution in [0.25, 0.3) is 10.8 Å². The third-order valence-electron chi connectivity index (χ3n) is 4.63. The van der Waals surface area contributed by atoms with Crippen LogP contribution in [-0.2, 0) is 12.8 Å². The summed E-state index contributed by atoms with van der Waals surface area (Å²) < 4.78 is 12.5. The summed E-state index contributed by atoms with van der Waals surface area (Å²) in [6, 6.07) is 8.52. The minimum absolute atomic E-state index is 0.784. The Hall–Kier alpha value is -1.96. The van der Waals surface area contributed by atoms with Crippen LogP contribution in [0, 0.1) is 0 Å². The predicted molar refractivity (Wildman–Crippen MR) is 101 cm³/mol. The molecule has 0 saturated heterocycles. The predicted octanol–water partition coefficient (Wildman–Crippen LogP) is 5.85. The summed E-state index contributed by atoms with van der Waals surface area (Å²) >= 11 is 0. The summed E-state index contributed by atoms with van der Waals surface area (Å²) in [5.74, 6) is 2.14. The smallest absolute Gasteiger partial charge is 0.131 e. The van der Waals surface area contributed by atoms with Crippen LogP contribution in [0.15, 0.2) is 36.4 Å². The van der Waals surface area contributed by atoms with Crippen molar-refractivity contribution in [2.75, 3.05) is 13.2 Å². The zero-order valence-electron chi connectivity index (χ0n) is 14.9. The van der Waals surface area contributed by atoms with Gasteiger partial charge in [0.25, 0.3) is 0 Å². The van der Waals surface area contributed by atoms with Crippen molar-refractivity contribution < 1.29 is 9.47 Å². The molecule has 2 heteroatoms.